The maximum Gasteiger partial charge on any atom is 0.316 e. The molecule has 6 heteroatoms. The Labute approximate surface area is 163 Å². The molecule has 0 spiro atoms. The van der Waals surface area contributed by atoms with Crippen molar-refractivity contribution in [2.24, 2.45) is 0 Å². The Hall–Kier alpha value is -2.73. The van der Waals surface area contributed by atoms with Crippen LogP contribution in [0.1, 0.15) is 19.8 Å². The average molecular weight is 379 g/mol. The molecule has 0 unspecified atom stereocenters. The van der Waals surface area contributed by atoms with E-state index in [1.54, 1.807) is 0 Å². The van der Waals surface area contributed by atoms with Gasteiger partial charge in [0.2, 0.25) is 5.16 Å². The van der Waals surface area contributed by atoms with Gasteiger partial charge in [0.05, 0.1) is 12.4 Å². The van der Waals surface area contributed by atoms with Crippen molar-refractivity contribution in [3.05, 3.63) is 60.7 Å². The molecule has 0 atom stereocenters. The first-order valence-corrected chi connectivity index (χ1v) is 9.90. The fraction of sp³-hybridized carbons (Fsp3) is 0.238. The largest absolute Gasteiger partial charge is 0.465 e. The van der Waals surface area contributed by atoms with Crippen LogP contribution in [0, 0.1) is 0 Å². The van der Waals surface area contributed by atoms with Crippen LogP contribution in [0.25, 0.3) is 22.5 Å². The van der Waals surface area contributed by atoms with Crippen molar-refractivity contribution in [1.82, 2.24) is 15.2 Å². The molecule has 27 heavy (non-hydrogen) atoms. The van der Waals surface area contributed by atoms with Crippen LogP contribution in [0.15, 0.2) is 65.8 Å². The Kier molecular flexibility index (Phi) is 6.93. The highest BCUT2D eigenvalue weighted by molar-refractivity contribution is 7.99. The van der Waals surface area contributed by atoms with E-state index in [2.05, 4.69) is 22.1 Å². The number of rotatable bonds is 8. The molecule has 0 aliphatic rings. The van der Waals surface area contributed by atoms with Gasteiger partial charge >= 0.3 is 5.97 Å². The zero-order valence-electron chi connectivity index (χ0n) is 15.2. The highest BCUT2D eigenvalue weighted by Gasteiger charge is 2.14. The van der Waals surface area contributed by atoms with Gasteiger partial charge in [-0.2, -0.15) is 0 Å². The fourth-order valence-corrected chi connectivity index (χ4v) is 3.04. The van der Waals surface area contributed by atoms with Gasteiger partial charge in [-0.05, 0) is 6.42 Å². The smallest absolute Gasteiger partial charge is 0.316 e. The summed E-state index contributed by atoms with van der Waals surface area (Å²) in [5, 5.41) is 9.06. The topological polar surface area (TPSA) is 65.0 Å². The third-order valence-electron chi connectivity index (χ3n) is 3.84. The van der Waals surface area contributed by atoms with Crippen molar-refractivity contribution in [1.29, 1.82) is 0 Å². The number of hydrogen-bond donors (Lipinski definition) is 0. The van der Waals surface area contributed by atoms with Crippen molar-refractivity contribution >= 4 is 17.7 Å². The van der Waals surface area contributed by atoms with Crippen LogP contribution in [0.4, 0.5) is 0 Å². The van der Waals surface area contributed by atoms with E-state index >= 15 is 0 Å². The number of nitrogens with zero attached hydrogens (tertiary/aromatic N) is 3. The zero-order valence-corrected chi connectivity index (χ0v) is 16.0. The molecule has 138 valence electrons. The van der Waals surface area contributed by atoms with E-state index in [0.717, 1.165) is 35.4 Å². The molecule has 0 saturated carbocycles. The molecule has 0 fully saturated rings. The number of unbranched alkanes of at least 4 members (excludes halogenated alkanes) is 1. The highest BCUT2D eigenvalue weighted by atomic mass is 32.2. The molecule has 0 amide bonds. The molecule has 5 nitrogen and oxygen atoms in total. The second-order valence-electron chi connectivity index (χ2n) is 5.89. The van der Waals surface area contributed by atoms with Crippen LogP contribution in [0.2, 0.25) is 0 Å². The lowest BCUT2D eigenvalue weighted by molar-refractivity contribution is -0.140. The summed E-state index contributed by atoms with van der Waals surface area (Å²) >= 11 is 1.24. The van der Waals surface area contributed by atoms with Gasteiger partial charge in [0, 0.05) is 11.1 Å². The van der Waals surface area contributed by atoms with Crippen molar-refractivity contribution in [3.8, 4) is 22.5 Å². The molecule has 3 rings (SSSR count). The Morgan fingerprint density at radius 2 is 1.56 bits per heavy atom. The van der Waals surface area contributed by atoms with E-state index in [1.165, 1.54) is 11.8 Å². The number of ether oxygens (including phenoxy) is 1. The summed E-state index contributed by atoms with van der Waals surface area (Å²) in [6.07, 6.45) is 1.87. The van der Waals surface area contributed by atoms with Crippen LogP contribution in [-0.2, 0) is 9.53 Å². The van der Waals surface area contributed by atoms with Gasteiger partial charge in [0.1, 0.15) is 11.4 Å². The molecule has 0 bridgehead atoms. The minimum atomic E-state index is -0.259. The first-order chi connectivity index (χ1) is 13.3. The summed E-state index contributed by atoms with van der Waals surface area (Å²) in [6.45, 7) is 2.51. The van der Waals surface area contributed by atoms with Crippen LogP contribution in [0.5, 0.6) is 0 Å². The first-order valence-electron chi connectivity index (χ1n) is 8.92. The predicted octanol–water partition coefficient (Wildman–Crippen LogP) is 4.64. The van der Waals surface area contributed by atoms with Crippen molar-refractivity contribution in [3.63, 3.8) is 0 Å². The minimum absolute atomic E-state index is 0.171. The number of thioether (sulfide) groups is 1. The summed E-state index contributed by atoms with van der Waals surface area (Å²) in [4.78, 5) is 16.5. The van der Waals surface area contributed by atoms with E-state index in [4.69, 9.17) is 4.74 Å². The summed E-state index contributed by atoms with van der Waals surface area (Å²) in [6, 6.07) is 19.7. The van der Waals surface area contributed by atoms with Crippen LogP contribution in [0.3, 0.4) is 0 Å². The molecule has 0 N–H and O–H groups in total. The van der Waals surface area contributed by atoms with E-state index in [0.29, 0.717) is 11.8 Å². The summed E-state index contributed by atoms with van der Waals surface area (Å²) in [7, 11) is 0. The number of esters is 1. The van der Waals surface area contributed by atoms with Gasteiger partial charge in [-0.1, -0.05) is 85.8 Å². The lowest BCUT2D eigenvalue weighted by Gasteiger charge is -2.09. The van der Waals surface area contributed by atoms with Gasteiger partial charge in [-0.25, -0.2) is 4.98 Å². The number of aromatic nitrogens is 3. The van der Waals surface area contributed by atoms with E-state index in [-0.39, 0.29) is 11.7 Å². The van der Waals surface area contributed by atoms with E-state index < -0.39 is 0 Å². The standard InChI is InChI=1S/C21H21N3O2S/c1-2-3-14-26-18(25)15-27-21-22-19(16-10-6-4-7-11-16)20(23-24-21)17-12-8-5-9-13-17/h4-13H,2-3,14-15H2,1H3. The first kappa shape index (κ1) is 19.0. The van der Waals surface area contributed by atoms with Gasteiger partial charge < -0.3 is 4.74 Å². The molecule has 0 radical (unpaired) electrons. The number of hydrogen-bond acceptors (Lipinski definition) is 6. The molecule has 1 heterocycles. The predicted molar refractivity (Wildman–Crippen MR) is 107 cm³/mol. The quantitative estimate of drug-likeness (QED) is 0.323. The molecule has 2 aromatic carbocycles. The third kappa shape index (κ3) is 5.37. The van der Waals surface area contributed by atoms with Crippen LogP contribution in [-0.4, -0.2) is 33.5 Å². The second-order valence-corrected chi connectivity index (χ2v) is 6.83. The fourth-order valence-electron chi connectivity index (χ4n) is 2.46. The molecular formula is C21H21N3O2S. The summed E-state index contributed by atoms with van der Waals surface area (Å²) < 4.78 is 5.18. The molecule has 0 saturated heterocycles. The SMILES string of the molecule is CCCCOC(=O)CSc1nnc(-c2ccccc2)c(-c2ccccc2)n1. The Morgan fingerprint density at radius 3 is 2.19 bits per heavy atom. The normalized spacial score (nSPS) is 10.6. The number of carbonyl (C=O) groups excluding carboxylic acids is 1. The number of carbonyl (C=O) groups is 1. The van der Waals surface area contributed by atoms with Crippen molar-refractivity contribution < 1.29 is 9.53 Å². The van der Waals surface area contributed by atoms with Crippen LogP contribution >= 0.6 is 11.8 Å². The van der Waals surface area contributed by atoms with Crippen molar-refractivity contribution in [2.45, 2.75) is 24.9 Å². The zero-order chi connectivity index (χ0) is 18.9. The lowest BCUT2D eigenvalue weighted by atomic mass is 10.0. The second kappa shape index (κ2) is 9.83. The van der Waals surface area contributed by atoms with E-state index in [9.17, 15) is 4.79 Å². The molecule has 0 aliphatic heterocycles. The number of benzene rings is 2. The van der Waals surface area contributed by atoms with Gasteiger partial charge in [-0.15, -0.1) is 10.2 Å². The van der Waals surface area contributed by atoms with Crippen LogP contribution < -0.4 is 0 Å². The summed E-state index contributed by atoms with van der Waals surface area (Å²) in [5.74, 6) is -0.0879. The minimum Gasteiger partial charge on any atom is -0.465 e. The molecule has 3 aromatic rings. The third-order valence-corrected chi connectivity index (χ3v) is 4.65. The lowest BCUT2D eigenvalue weighted by Crippen LogP contribution is -2.09. The van der Waals surface area contributed by atoms with Gasteiger partial charge in [-0.3, -0.25) is 4.79 Å². The Bertz CT molecular complexity index is 873. The van der Waals surface area contributed by atoms with E-state index in [1.807, 2.05) is 60.7 Å². The Balaban J connectivity index is 1.82. The molecule has 1 aromatic heterocycles. The monoisotopic (exact) mass is 379 g/mol. The molecule has 0 aliphatic carbocycles. The average Bonchev–Trinajstić information content (AvgIpc) is 2.73. The summed E-state index contributed by atoms with van der Waals surface area (Å²) in [5.41, 5.74) is 3.38. The van der Waals surface area contributed by atoms with Crippen molar-refractivity contribution in [2.75, 3.05) is 12.4 Å². The van der Waals surface area contributed by atoms with Gasteiger partial charge in [0.15, 0.2) is 0 Å². The maximum atomic E-state index is 11.8. The van der Waals surface area contributed by atoms with Gasteiger partial charge in [0.25, 0.3) is 0 Å². The maximum absolute atomic E-state index is 11.8. The highest BCUT2D eigenvalue weighted by Crippen LogP contribution is 2.29. The Morgan fingerprint density at radius 1 is 0.926 bits per heavy atom. The molecular weight excluding hydrogens is 358 g/mol.